The van der Waals surface area contributed by atoms with E-state index < -0.39 is 52.4 Å². The molecule has 3 aromatic rings. The quantitative estimate of drug-likeness (QED) is 0.437. The third-order valence-electron chi connectivity index (χ3n) is 5.29. The normalized spacial score (nSPS) is 14.9. The van der Waals surface area contributed by atoms with Crippen molar-refractivity contribution in [3.8, 4) is 5.69 Å². The van der Waals surface area contributed by atoms with Crippen LogP contribution in [-0.4, -0.2) is 31.7 Å². The third kappa shape index (κ3) is 4.01. The number of carboxylic acids is 1. The van der Waals surface area contributed by atoms with Gasteiger partial charge < -0.3 is 20.8 Å². The van der Waals surface area contributed by atoms with E-state index in [1.807, 2.05) is 0 Å². The van der Waals surface area contributed by atoms with E-state index in [4.69, 9.17) is 11.6 Å². The summed E-state index contributed by atoms with van der Waals surface area (Å²) in [6.45, 7) is 0.929. The summed E-state index contributed by atoms with van der Waals surface area (Å²) in [6, 6.07) is 6.10. The van der Waals surface area contributed by atoms with Gasteiger partial charge in [0, 0.05) is 6.20 Å². The number of nitrogens with one attached hydrogen (secondary N) is 2. The monoisotopic (exact) mass is 496 g/mol. The highest BCUT2D eigenvalue weighted by atomic mass is 35.5. The van der Waals surface area contributed by atoms with Gasteiger partial charge in [-0.1, -0.05) is 23.7 Å². The molecule has 13 heteroatoms. The van der Waals surface area contributed by atoms with Gasteiger partial charge in [-0.05, 0) is 36.2 Å². The lowest BCUT2D eigenvalue weighted by molar-refractivity contribution is -0.137. The van der Waals surface area contributed by atoms with Crippen molar-refractivity contribution in [2.45, 2.75) is 26.0 Å². The van der Waals surface area contributed by atoms with Crippen molar-refractivity contribution in [2.24, 2.45) is 0 Å². The molecule has 1 aliphatic rings. The summed E-state index contributed by atoms with van der Waals surface area (Å²) >= 11 is 5.91. The SMILES string of the molecule is Cc1cc2c(cc1-n1cc(C(=O)O)c(=O)n(Cc3cccc(C(F)(F)F)c3Cl)c1=O)NC(O)N2. The lowest BCUT2D eigenvalue weighted by Gasteiger charge is -2.16. The van der Waals surface area contributed by atoms with Crippen molar-refractivity contribution in [1.29, 1.82) is 0 Å². The number of nitrogens with zero attached hydrogens (tertiary/aromatic N) is 2. The second-order valence-corrected chi connectivity index (χ2v) is 7.92. The number of aliphatic hydroxyl groups is 1. The van der Waals surface area contributed by atoms with Gasteiger partial charge in [-0.3, -0.25) is 13.9 Å². The zero-order valence-corrected chi connectivity index (χ0v) is 18.0. The van der Waals surface area contributed by atoms with Gasteiger partial charge in [-0.2, -0.15) is 13.2 Å². The molecule has 0 saturated carbocycles. The predicted molar refractivity (Wildman–Crippen MR) is 117 cm³/mol. The average Bonchev–Trinajstić information content (AvgIpc) is 3.09. The van der Waals surface area contributed by atoms with Crippen molar-refractivity contribution in [2.75, 3.05) is 10.6 Å². The Morgan fingerprint density at radius 2 is 1.82 bits per heavy atom. The molecule has 0 bridgehead atoms. The number of hydrogen-bond acceptors (Lipinski definition) is 6. The molecule has 2 heterocycles. The number of hydrogen-bond donors (Lipinski definition) is 4. The number of alkyl halides is 3. The second kappa shape index (κ2) is 8.22. The van der Waals surface area contributed by atoms with Crippen LogP contribution in [0.1, 0.15) is 27.0 Å². The van der Waals surface area contributed by atoms with Crippen molar-refractivity contribution >= 4 is 28.9 Å². The van der Waals surface area contributed by atoms with Gasteiger partial charge >= 0.3 is 17.8 Å². The van der Waals surface area contributed by atoms with E-state index in [0.29, 0.717) is 21.5 Å². The standard InChI is InChI=1S/C21H16ClF3N4O5/c1-9-5-13-14(27-19(33)26-13)6-15(9)28-8-11(18(31)32)17(30)29(20(28)34)7-10-3-2-4-12(16(10)22)21(23,24)25/h2-6,8,19,26-27,33H,7H2,1H3,(H,31,32). The van der Waals surface area contributed by atoms with Crippen LogP contribution in [0, 0.1) is 6.92 Å². The van der Waals surface area contributed by atoms with Crippen molar-refractivity contribution in [1.82, 2.24) is 9.13 Å². The maximum atomic E-state index is 13.3. The van der Waals surface area contributed by atoms with E-state index >= 15 is 0 Å². The van der Waals surface area contributed by atoms with Crippen LogP contribution in [0.4, 0.5) is 24.5 Å². The number of aromatic nitrogens is 2. The van der Waals surface area contributed by atoms with Gasteiger partial charge in [0.05, 0.1) is 34.2 Å². The minimum Gasteiger partial charge on any atom is -0.477 e. The number of aryl methyl sites for hydroxylation is 1. The highest BCUT2D eigenvalue weighted by molar-refractivity contribution is 6.32. The maximum absolute atomic E-state index is 13.3. The number of carboxylic acid groups (broad SMARTS) is 1. The molecule has 0 radical (unpaired) electrons. The van der Waals surface area contributed by atoms with Crippen LogP contribution >= 0.6 is 11.6 Å². The summed E-state index contributed by atoms with van der Waals surface area (Å²) in [5.74, 6) is -1.63. The fourth-order valence-corrected chi connectivity index (χ4v) is 3.97. The Balaban J connectivity index is 1.92. The minimum absolute atomic E-state index is 0.190. The van der Waals surface area contributed by atoms with E-state index in [1.165, 1.54) is 12.1 Å². The molecule has 1 unspecified atom stereocenters. The molecule has 9 nitrogen and oxygen atoms in total. The van der Waals surface area contributed by atoms with Gasteiger partial charge in [-0.25, -0.2) is 9.59 Å². The zero-order valence-electron chi connectivity index (χ0n) is 17.3. The smallest absolute Gasteiger partial charge is 0.417 e. The Bertz CT molecular complexity index is 1450. The summed E-state index contributed by atoms with van der Waals surface area (Å²) < 4.78 is 41.1. The van der Waals surface area contributed by atoms with E-state index in [9.17, 15) is 37.8 Å². The number of halogens is 4. The molecule has 2 aromatic carbocycles. The van der Waals surface area contributed by atoms with Crippen molar-refractivity contribution < 1.29 is 28.2 Å². The number of fused-ring (bicyclic) bond motifs is 1. The Morgan fingerprint density at radius 1 is 1.18 bits per heavy atom. The van der Waals surface area contributed by atoms with E-state index in [-0.39, 0.29) is 11.3 Å². The number of aromatic carboxylic acids is 1. The maximum Gasteiger partial charge on any atom is 0.417 e. The van der Waals surface area contributed by atoms with Crippen molar-refractivity contribution in [3.05, 3.63) is 84.6 Å². The number of aliphatic hydroxyl groups excluding tert-OH is 1. The number of benzene rings is 2. The predicted octanol–water partition coefficient (Wildman–Crippen LogP) is 2.84. The topological polar surface area (TPSA) is 126 Å². The summed E-state index contributed by atoms with van der Waals surface area (Å²) in [4.78, 5) is 37.8. The first-order chi connectivity index (χ1) is 15.9. The molecule has 34 heavy (non-hydrogen) atoms. The van der Waals surface area contributed by atoms with Gasteiger partial charge in [0.25, 0.3) is 5.56 Å². The molecule has 0 fully saturated rings. The molecule has 178 valence electrons. The number of carbonyl (C=O) groups is 1. The second-order valence-electron chi connectivity index (χ2n) is 7.54. The van der Waals surface area contributed by atoms with Crippen LogP contribution in [0.15, 0.2) is 46.1 Å². The van der Waals surface area contributed by atoms with Crippen LogP contribution in [0.3, 0.4) is 0 Å². The Kier molecular flexibility index (Phi) is 5.66. The average molecular weight is 497 g/mol. The van der Waals surface area contributed by atoms with Gasteiger partial charge in [0.1, 0.15) is 5.56 Å². The summed E-state index contributed by atoms with van der Waals surface area (Å²) in [6.07, 6.45) is -4.99. The zero-order chi connectivity index (χ0) is 24.9. The number of anilines is 2. The van der Waals surface area contributed by atoms with Crippen LogP contribution < -0.4 is 21.9 Å². The molecule has 4 N–H and O–H groups in total. The van der Waals surface area contributed by atoms with Crippen LogP contribution in [0.25, 0.3) is 5.69 Å². The summed E-state index contributed by atoms with van der Waals surface area (Å²) in [5.41, 5.74) is -2.67. The largest absolute Gasteiger partial charge is 0.477 e. The first-order valence-electron chi connectivity index (χ1n) is 9.69. The molecule has 0 aliphatic carbocycles. The highest BCUT2D eigenvalue weighted by Gasteiger charge is 2.34. The van der Waals surface area contributed by atoms with Crippen LogP contribution in [-0.2, 0) is 12.7 Å². The fourth-order valence-electron chi connectivity index (χ4n) is 3.68. The first kappa shape index (κ1) is 23.4. The summed E-state index contributed by atoms with van der Waals surface area (Å²) in [7, 11) is 0. The minimum atomic E-state index is -4.77. The molecule has 1 atom stereocenters. The van der Waals surface area contributed by atoms with Gasteiger partial charge in [0.2, 0.25) is 6.35 Å². The highest BCUT2D eigenvalue weighted by Crippen LogP contribution is 2.36. The van der Waals surface area contributed by atoms with Gasteiger partial charge in [-0.15, -0.1) is 0 Å². The Morgan fingerprint density at radius 3 is 2.44 bits per heavy atom. The lowest BCUT2D eigenvalue weighted by atomic mass is 10.1. The third-order valence-corrected chi connectivity index (χ3v) is 5.74. The Hall–Kier alpha value is -3.77. The molecular weight excluding hydrogens is 481 g/mol. The molecule has 0 spiro atoms. The van der Waals surface area contributed by atoms with Gasteiger partial charge in [0.15, 0.2) is 0 Å². The Labute approximate surface area is 193 Å². The molecule has 4 rings (SSSR count). The first-order valence-corrected chi connectivity index (χ1v) is 10.1. The summed E-state index contributed by atoms with van der Waals surface area (Å²) in [5, 5.41) is 24.0. The molecule has 0 saturated heterocycles. The molecule has 1 aromatic heterocycles. The molecule has 0 amide bonds. The van der Waals surface area contributed by atoms with E-state index in [2.05, 4.69) is 10.6 Å². The van der Waals surface area contributed by atoms with E-state index in [1.54, 1.807) is 13.0 Å². The van der Waals surface area contributed by atoms with E-state index in [0.717, 1.165) is 22.9 Å². The molecule has 1 aliphatic heterocycles. The van der Waals surface area contributed by atoms with Crippen LogP contribution in [0.2, 0.25) is 5.02 Å². The van der Waals surface area contributed by atoms with Crippen molar-refractivity contribution in [3.63, 3.8) is 0 Å². The lowest BCUT2D eigenvalue weighted by Crippen LogP contribution is -2.42. The molecular formula is C21H16ClF3N4O5. The van der Waals surface area contributed by atoms with Crippen LogP contribution in [0.5, 0.6) is 0 Å². The fraction of sp³-hybridized carbons (Fsp3) is 0.190. The number of rotatable bonds is 4.